The first-order chi connectivity index (χ1) is 23.6. The average molecular weight is 738 g/mol. The third-order valence-corrected chi connectivity index (χ3v) is 9.70. The van der Waals surface area contributed by atoms with Gasteiger partial charge in [-0.25, -0.2) is 4.98 Å². The number of hydrogen-bond donors (Lipinski definition) is 0. The number of aromatic nitrogens is 2. The summed E-state index contributed by atoms with van der Waals surface area (Å²) in [7, 11) is 0. The highest BCUT2D eigenvalue weighted by molar-refractivity contribution is 9.09. The Balaban J connectivity index is 1.37. The van der Waals surface area contributed by atoms with E-state index in [1.54, 1.807) is 29.7 Å². The molecule has 0 radical (unpaired) electrons. The molecule has 12 nitrogen and oxygen atoms in total. The van der Waals surface area contributed by atoms with Crippen LogP contribution in [0.2, 0.25) is 0 Å². The molecule has 0 N–H and O–H groups in total. The lowest BCUT2D eigenvalue weighted by atomic mass is 9.76. The second-order valence-corrected chi connectivity index (χ2v) is 13.0. The lowest BCUT2D eigenvalue weighted by Crippen LogP contribution is -2.46. The summed E-state index contributed by atoms with van der Waals surface area (Å²) < 4.78 is 30.4. The van der Waals surface area contributed by atoms with Crippen molar-refractivity contribution in [2.75, 3.05) is 11.9 Å². The number of carbonyl (C=O) groups is 4. The first-order valence-corrected chi connectivity index (χ1v) is 17.4. The summed E-state index contributed by atoms with van der Waals surface area (Å²) >= 11 is 3.33. The molecule has 0 bridgehead atoms. The number of Topliss-reactive ketones (excluding diaryl/α,β-unsaturated/α-hetero) is 1. The van der Waals surface area contributed by atoms with Crippen molar-refractivity contribution >= 4 is 50.5 Å². The first-order valence-electron chi connectivity index (χ1n) is 16.3. The van der Waals surface area contributed by atoms with Gasteiger partial charge in [0.05, 0.1) is 30.1 Å². The summed E-state index contributed by atoms with van der Waals surface area (Å²) in [5.41, 5.74) is 2.49. The normalized spacial score (nSPS) is 22.3. The maximum atomic E-state index is 14.1. The highest BCUT2D eigenvalue weighted by Crippen LogP contribution is 2.43. The van der Waals surface area contributed by atoms with E-state index in [9.17, 15) is 24.0 Å². The van der Waals surface area contributed by atoms with Gasteiger partial charge in [0.15, 0.2) is 17.7 Å². The number of fused-ring (bicyclic) bond motifs is 5. The lowest BCUT2D eigenvalue weighted by molar-refractivity contribution is -0.200. The molecule has 13 heteroatoms. The SMILES string of the molecule is CC[C@@]1(OC(=O)CCCBr)C(=O)CCc2c1cc1n(c2=O)Cc2c-1nc1ccccc1c2COC1C=C[C@H](OC(C)=O)[C@@H](COC(C)=O)O1. The van der Waals surface area contributed by atoms with Gasteiger partial charge in [0.25, 0.3) is 5.56 Å². The van der Waals surface area contributed by atoms with Gasteiger partial charge in [-0.3, -0.25) is 24.0 Å². The molecular weight excluding hydrogens is 700 g/mol. The summed E-state index contributed by atoms with van der Waals surface area (Å²) in [6.45, 7) is 4.52. The van der Waals surface area contributed by atoms with Crippen molar-refractivity contribution in [1.82, 2.24) is 9.55 Å². The Morgan fingerprint density at radius 1 is 1.08 bits per heavy atom. The molecule has 1 aromatic carbocycles. The Morgan fingerprint density at radius 2 is 1.88 bits per heavy atom. The molecule has 2 aliphatic heterocycles. The number of para-hydroxylation sites is 1. The molecule has 1 aliphatic carbocycles. The highest BCUT2D eigenvalue weighted by Gasteiger charge is 2.48. The van der Waals surface area contributed by atoms with Crippen LogP contribution in [0.3, 0.4) is 0 Å². The highest BCUT2D eigenvalue weighted by atomic mass is 79.9. The molecule has 0 saturated carbocycles. The van der Waals surface area contributed by atoms with Gasteiger partial charge in [0, 0.05) is 54.1 Å². The zero-order chi connectivity index (χ0) is 34.9. The second kappa shape index (κ2) is 14.3. The molecule has 0 spiro atoms. The molecule has 4 atom stereocenters. The predicted octanol–water partition coefficient (Wildman–Crippen LogP) is 4.56. The van der Waals surface area contributed by atoms with E-state index in [0.29, 0.717) is 39.8 Å². The van der Waals surface area contributed by atoms with Crippen LogP contribution in [0.1, 0.15) is 68.7 Å². The minimum absolute atomic E-state index is 0.0733. The molecule has 2 aromatic heterocycles. The van der Waals surface area contributed by atoms with Crippen LogP contribution in [0.25, 0.3) is 22.3 Å². The minimum atomic E-state index is -1.55. The Morgan fingerprint density at radius 3 is 2.61 bits per heavy atom. The molecule has 0 fully saturated rings. The Hall–Kier alpha value is -4.20. The second-order valence-electron chi connectivity index (χ2n) is 12.2. The van der Waals surface area contributed by atoms with Crippen molar-refractivity contribution in [3.63, 3.8) is 0 Å². The topological polar surface area (TPSA) is 149 Å². The van der Waals surface area contributed by atoms with Crippen LogP contribution >= 0.6 is 15.9 Å². The van der Waals surface area contributed by atoms with E-state index in [0.717, 1.165) is 16.5 Å². The molecule has 258 valence electrons. The zero-order valence-electron chi connectivity index (χ0n) is 27.5. The molecule has 3 aromatic rings. The Labute approximate surface area is 290 Å². The summed E-state index contributed by atoms with van der Waals surface area (Å²) in [6, 6.07) is 9.38. The smallest absolute Gasteiger partial charge is 0.307 e. The number of halogens is 1. The van der Waals surface area contributed by atoms with Crippen molar-refractivity contribution in [1.29, 1.82) is 0 Å². The number of ketones is 1. The summed E-state index contributed by atoms with van der Waals surface area (Å²) in [5, 5.41) is 1.45. The number of carbonyl (C=O) groups excluding carboxylic acids is 4. The monoisotopic (exact) mass is 736 g/mol. The lowest BCUT2D eigenvalue weighted by Gasteiger charge is -2.36. The minimum Gasteiger partial charge on any atom is -0.463 e. The number of alkyl halides is 1. The molecule has 0 saturated heterocycles. The fourth-order valence-corrected chi connectivity index (χ4v) is 7.09. The van der Waals surface area contributed by atoms with Gasteiger partial charge < -0.3 is 28.3 Å². The number of ether oxygens (including phenoxy) is 5. The fraction of sp³-hybridized carbons (Fsp3) is 0.444. The summed E-state index contributed by atoms with van der Waals surface area (Å²) in [4.78, 5) is 68.7. The van der Waals surface area contributed by atoms with Gasteiger partial charge in [-0.1, -0.05) is 41.1 Å². The van der Waals surface area contributed by atoms with E-state index < -0.39 is 42.0 Å². The quantitative estimate of drug-likeness (QED) is 0.0924. The van der Waals surface area contributed by atoms with Gasteiger partial charge >= 0.3 is 17.9 Å². The van der Waals surface area contributed by atoms with Gasteiger partial charge in [-0.05, 0) is 49.1 Å². The van der Waals surface area contributed by atoms with E-state index in [1.165, 1.54) is 13.8 Å². The van der Waals surface area contributed by atoms with Crippen LogP contribution in [-0.2, 0) is 68.0 Å². The number of rotatable bonds is 11. The van der Waals surface area contributed by atoms with Crippen LogP contribution in [0, 0.1) is 0 Å². The predicted molar refractivity (Wildman–Crippen MR) is 180 cm³/mol. The van der Waals surface area contributed by atoms with Crippen LogP contribution < -0.4 is 5.56 Å². The van der Waals surface area contributed by atoms with Crippen LogP contribution in [0.4, 0.5) is 0 Å². The molecule has 3 aliphatic rings. The van der Waals surface area contributed by atoms with Crippen molar-refractivity contribution in [3.05, 3.63) is 75.1 Å². The van der Waals surface area contributed by atoms with E-state index in [1.807, 2.05) is 24.3 Å². The molecule has 49 heavy (non-hydrogen) atoms. The van der Waals surface area contributed by atoms with E-state index >= 15 is 0 Å². The van der Waals surface area contributed by atoms with Crippen molar-refractivity contribution in [2.24, 2.45) is 0 Å². The maximum Gasteiger partial charge on any atom is 0.307 e. The number of nitrogens with zero attached hydrogens (tertiary/aromatic N) is 2. The number of benzene rings is 1. The summed E-state index contributed by atoms with van der Waals surface area (Å²) in [5.74, 6) is -1.71. The van der Waals surface area contributed by atoms with E-state index in [-0.39, 0.29) is 56.8 Å². The van der Waals surface area contributed by atoms with Crippen molar-refractivity contribution < 1.29 is 42.9 Å². The van der Waals surface area contributed by atoms with Crippen LogP contribution in [0.15, 0.2) is 47.3 Å². The van der Waals surface area contributed by atoms with E-state index in [4.69, 9.17) is 28.7 Å². The zero-order valence-corrected chi connectivity index (χ0v) is 29.1. The number of hydrogen-bond acceptors (Lipinski definition) is 11. The molecule has 0 amide bonds. The van der Waals surface area contributed by atoms with Gasteiger partial charge in [0.1, 0.15) is 18.8 Å². The molecule has 1 unspecified atom stereocenters. The van der Waals surface area contributed by atoms with Crippen LogP contribution in [-0.4, -0.2) is 63.7 Å². The van der Waals surface area contributed by atoms with E-state index in [2.05, 4.69) is 15.9 Å². The standard InChI is InChI=1S/C36H37BrN2O10/c1-4-36(49-32(43)10-7-15-37)26-16-28-34-24(17-39(28)35(44)23(26)11-13-31(36)42)25(22-8-5-6-9-27(22)38-34)18-46-33-14-12-29(47-21(3)41)30(48-33)19-45-20(2)40/h5-6,8-9,12,14,16,29-30,33H,4,7,10-11,13,15,17-19H2,1-3H3/t29-,30+,33?,36-/m0/s1. The van der Waals surface area contributed by atoms with Crippen molar-refractivity contribution in [3.8, 4) is 11.4 Å². The Kier molecular flexibility index (Phi) is 10.1. The van der Waals surface area contributed by atoms with Crippen LogP contribution in [0.5, 0.6) is 0 Å². The fourth-order valence-electron chi connectivity index (χ4n) is 6.81. The maximum absolute atomic E-state index is 14.1. The van der Waals surface area contributed by atoms with Gasteiger partial charge in [0.2, 0.25) is 0 Å². The molecule has 6 rings (SSSR count). The molecular formula is C36H37BrN2O10. The summed E-state index contributed by atoms with van der Waals surface area (Å²) in [6.07, 6.45) is 2.13. The Bertz CT molecular complexity index is 1920. The van der Waals surface area contributed by atoms with Gasteiger partial charge in [-0.2, -0.15) is 0 Å². The molecule has 4 heterocycles. The average Bonchev–Trinajstić information content (AvgIpc) is 3.45. The third-order valence-electron chi connectivity index (χ3n) is 9.14. The third kappa shape index (κ3) is 6.71. The number of pyridine rings is 2. The largest absolute Gasteiger partial charge is 0.463 e. The number of esters is 3. The first kappa shape index (κ1) is 34.7. The van der Waals surface area contributed by atoms with Crippen molar-refractivity contribution in [2.45, 2.75) is 90.1 Å². The van der Waals surface area contributed by atoms with Gasteiger partial charge in [-0.15, -0.1) is 0 Å².